The van der Waals surface area contributed by atoms with Crippen molar-refractivity contribution in [1.29, 1.82) is 0 Å². The summed E-state index contributed by atoms with van der Waals surface area (Å²) in [5.74, 6) is 1.27. The highest BCUT2D eigenvalue weighted by atomic mass is 127. The minimum Gasteiger partial charge on any atom is -0.477 e. The van der Waals surface area contributed by atoms with Crippen LogP contribution in [0.1, 0.15) is 38.2 Å². The van der Waals surface area contributed by atoms with Crippen molar-refractivity contribution >= 4 is 29.9 Å². The smallest absolute Gasteiger partial charge is 0.218 e. The third-order valence-electron chi connectivity index (χ3n) is 3.45. The van der Waals surface area contributed by atoms with E-state index in [2.05, 4.69) is 16.9 Å². The number of pyridine rings is 1. The van der Waals surface area contributed by atoms with Crippen molar-refractivity contribution in [3.05, 3.63) is 23.9 Å². The lowest BCUT2D eigenvalue weighted by Gasteiger charge is -2.17. The SMILES string of the molecule is CCCCOc1ncccc1CN=C(N)N(C)C1CC1.I. The van der Waals surface area contributed by atoms with Gasteiger partial charge in [-0.1, -0.05) is 19.4 Å². The predicted octanol–water partition coefficient (Wildman–Crippen LogP) is 2.79. The Hall–Kier alpha value is -1.05. The standard InChI is InChI=1S/C15H24N4O.HI/c1-3-4-10-20-14-12(6-5-9-17-14)11-18-15(16)19(2)13-7-8-13;/h5-6,9,13H,3-4,7-8,10-11H2,1-2H3,(H2,16,18);1H. The van der Waals surface area contributed by atoms with Crippen LogP contribution >= 0.6 is 24.0 Å². The number of nitrogens with zero attached hydrogens (tertiary/aromatic N) is 3. The molecule has 21 heavy (non-hydrogen) atoms. The Morgan fingerprint density at radius 3 is 2.95 bits per heavy atom. The highest BCUT2D eigenvalue weighted by Gasteiger charge is 2.27. The molecule has 5 nitrogen and oxygen atoms in total. The van der Waals surface area contributed by atoms with Crippen LogP contribution in [-0.2, 0) is 6.54 Å². The Kier molecular flexibility index (Phi) is 7.77. The number of unbranched alkanes of at least 4 members (excludes halogenated alkanes) is 1. The number of ether oxygens (including phenoxy) is 1. The molecule has 1 aromatic heterocycles. The molecule has 118 valence electrons. The minimum atomic E-state index is 0. The molecule has 0 spiro atoms. The quantitative estimate of drug-likeness (QED) is 0.329. The molecule has 6 heteroatoms. The molecular weight excluding hydrogens is 379 g/mol. The largest absolute Gasteiger partial charge is 0.477 e. The van der Waals surface area contributed by atoms with Crippen LogP contribution in [0.5, 0.6) is 5.88 Å². The summed E-state index contributed by atoms with van der Waals surface area (Å²) in [6.45, 7) is 3.35. The van der Waals surface area contributed by atoms with E-state index in [9.17, 15) is 0 Å². The van der Waals surface area contributed by atoms with Crippen LogP contribution in [-0.4, -0.2) is 35.5 Å². The average Bonchev–Trinajstić information content (AvgIpc) is 3.30. The van der Waals surface area contributed by atoms with Crippen molar-refractivity contribution in [2.75, 3.05) is 13.7 Å². The van der Waals surface area contributed by atoms with E-state index in [1.807, 2.05) is 24.1 Å². The number of aromatic nitrogens is 1. The molecule has 0 bridgehead atoms. The molecule has 0 aromatic carbocycles. The summed E-state index contributed by atoms with van der Waals surface area (Å²) in [6.07, 6.45) is 6.31. The molecule has 0 saturated heterocycles. The van der Waals surface area contributed by atoms with Gasteiger partial charge in [-0.05, 0) is 25.3 Å². The maximum Gasteiger partial charge on any atom is 0.218 e. The topological polar surface area (TPSA) is 63.7 Å². The molecule has 1 heterocycles. The van der Waals surface area contributed by atoms with Crippen molar-refractivity contribution in [2.24, 2.45) is 10.7 Å². The minimum absolute atomic E-state index is 0. The van der Waals surface area contributed by atoms with Gasteiger partial charge in [0.1, 0.15) is 0 Å². The number of hydrogen-bond donors (Lipinski definition) is 1. The molecule has 1 aromatic rings. The second-order valence-corrected chi connectivity index (χ2v) is 5.19. The van der Waals surface area contributed by atoms with E-state index in [-0.39, 0.29) is 24.0 Å². The van der Waals surface area contributed by atoms with Gasteiger partial charge in [-0.2, -0.15) is 0 Å². The summed E-state index contributed by atoms with van der Waals surface area (Å²) < 4.78 is 5.70. The number of hydrogen-bond acceptors (Lipinski definition) is 3. The Morgan fingerprint density at radius 2 is 2.29 bits per heavy atom. The second kappa shape index (κ2) is 9.07. The lowest BCUT2D eigenvalue weighted by atomic mass is 10.2. The van der Waals surface area contributed by atoms with E-state index < -0.39 is 0 Å². The van der Waals surface area contributed by atoms with Gasteiger partial charge in [0.2, 0.25) is 5.88 Å². The summed E-state index contributed by atoms with van der Waals surface area (Å²) >= 11 is 0. The molecule has 0 aliphatic heterocycles. The maximum absolute atomic E-state index is 5.99. The van der Waals surface area contributed by atoms with E-state index in [4.69, 9.17) is 10.5 Å². The molecule has 0 amide bonds. The van der Waals surface area contributed by atoms with Gasteiger partial charge in [0, 0.05) is 24.8 Å². The lowest BCUT2D eigenvalue weighted by Crippen LogP contribution is -2.35. The Morgan fingerprint density at radius 1 is 1.52 bits per heavy atom. The molecule has 0 radical (unpaired) electrons. The van der Waals surface area contributed by atoms with Crippen molar-refractivity contribution in [1.82, 2.24) is 9.88 Å². The van der Waals surface area contributed by atoms with E-state index in [0.29, 0.717) is 31.0 Å². The normalized spacial score (nSPS) is 14.5. The average molecular weight is 404 g/mol. The Bertz CT molecular complexity index is 463. The van der Waals surface area contributed by atoms with Crippen LogP contribution in [0.4, 0.5) is 0 Å². The summed E-state index contributed by atoms with van der Waals surface area (Å²) in [5, 5.41) is 0. The van der Waals surface area contributed by atoms with Gasteiger partial charge in [0.15, 0.2) is 5.96 Å². The summed E-state index contributed by atoms with van der Waals surface area (Å²) in [6, 6.07) is 4.47. The molecule has 0 unspecified atom stereocenters. The highest BCUT2D eigenvalue weighted by Crippen LogP contribution is 2.25. The number of halogens is 1. The van der Waals surface area contributed by atoms with E-state index in [1.165, 1.54) is 12.8 Å². The number of nitrogens with two attached hydrogens (primary N) is 1. The first-order valence-electron chi connectivity index (χ1n) is 7.31. The zero-order valence-corrected chi connectivity index (χ0v) is 15.1. The second-order valence-electron chi connectivity index (χ2n) is 5.19. The fourth-order valence-corrected chi connectivity index (χ4v) is 1.91. The molecule has 1 aliphatic carbocycles. The molecule has 2 N–H and O–H groups in total. The van der Waals surface area contributed by atoms with Gasteiger partial charge >= 0.3 is 0 Å². The van der Waals surface area contributed by atoms with Crippen LogP contribution in [0.3, 0.4) is 0 Å². The zero-order chi connectivity index (χ0) is 14.4. The van der Waals surface area contributed by atoms with Crippen LogP contribution < -0.4 is 10.5 Å². The third kappa shape index (κ3) is 5.68. The van der Waals surface area contributed by atoms with Crippen molar-refractivity contribution in [3.8, 4) is 5.88 Å². The van der Waals surface area contributed by atoms with E-state index in [0.717, 1.165) is 18.4 Å². The molecule has 0 atom stereocenters. The lowest BCUT2D eigenvalue weighted by molar-refractivity contribution is 0.294. The third-order valence-corrected chi connectivity index (χ3v) is 3.45. The van der Waals surface area contributed by atoms with Gasteiger partial charge in [-0.3, -0.25) is 0 Å². The predicted molar refractivity (Wildman–Crippen MR) is 96.2 cm³/mol. The van der Waals surface area contributed by atoms with E-state index in [1.54, 1.807) is 6.20 Å². The molecule has 2 rings (SSSR count). The summed E-state index contributed by atoms with van der Waals surface area (Å²) in [5.41, 5.74) is 6.97. The first-order valence-corrected chi connectivity index (χ1v) is 7.31. The van der Waals surface area contributed by atoms with Gasteiger partial charge in [-0.25, -0.2) is 9.98 Å². The number of guanidine groups is 1. The molecule has 1 fully saturated rings. The highest BCUT2D eigenvalue weighted by molar-refractivity contribution is 14.0. The van der Waals surface area contributed by atoms with Crippen LogP contribution in [0.25, 0.3) is 0 Å². The van der Waals surface area contributed by atoms with E-state index >= 15 is 0 Å². The van der Waals surface area contributed by atoms with Gasteiger partial charge in [0.25, 0.3) is 0 Å². The van der Waals surface area contributed by atoms with Gasteiger partial charge < -0.3 is 15.4 Å². The van der Waals surface area contributed by atoms with Crippen LogP contribution in [0, 0.1) is 0 Å². The monoisotopic (exact) mass is 404 g/mol. The zero-order valence-electron chi connectivity index (χ0n) is 12.8. The summed E-state index contributed by atoms with van der Waals surface area (Å²) in [7, 11) is 2.00. The first-order chi connectivity index (χ1) is 9.72. The van der Waals surface area contributed by atoms with Crippen LogP contribution in [0.15, 0.2) is 23.3 Å². The van der Waals surface area contributed by atoms with Crippen LogP contribution in [0.2, 0.25) is 0 Å². The fourth-order valence-electron chi connectivity index (χ4n) is 1.91. The Labute approximate surface area is 144 Å². The maximum atomic E-state index is 5.99. The number of rotatable bonds is 7. The fraction of sp³-hybridized carbons (Fsp3) is 0.600. The van der Waals surface area contributed by atoms with Crippen molar-refractivity contribution in [2.45, 2.75) is 45.2 Å². The van der Waals surface area contributed by atoms with Gasteiger partial charge in [-0.15, -0.1) is 24.0 Å². The van der Waals surface area contributed by atoms with Crippen molar-refractivity contribution in [3.63, 3.8) is 0 Å². The van der Waals surface area contributed by atoms with Gasteiger partial charge in [0.05, 0.1) is 13.2 Å². The molecular formula is C15H25IN4O. The van der Waals surface area contributed by atoms with Crippen molar-refractivity contribution < 1.29 is 4.74 Å². The number of aliphatic imine (C=N–C) groups is 1. The molecule has 1 saturated carbocycles. The first kappa shape index (κ1) is 18.0. The Balaban J connectivity index is 0.00000220. The summed E-state index contributed by atoms with van der Waals surface area (Å²) in [4.78, 5) is 10.8. The molecule has 1 aliphatic rings.